The van der Waals surface area contributed by atoms with E-state index in [9.17, 15) is 4.79 Å². The van der Waals surface area contributed by atoms with Crippen LogP contribution in [0.4, 0.5) is 5.69 Å². The number of hydrogen-bond acceptors (Lipinski definition) is 3. The number of aryl methyl sites for hydroxylation is 1. The fourth-order valence-electron chi connectivity index (χ4n) is 2.14. The van der Waals surface area contributed by atoms with Crippen LogP contribution in [0.25, 0.3) is 0 Å². The van der Waals surface area contributed by atoms with E-state index in [4.69, 9.17) is 4.74 Å². The average Bonchev–Trinajstić information content (AvgIpc) is 2.54. The molecule has 0 atom stereocenters. The summed E-state index contributed by atoms with van der Waals surface area (Å²) in [4.78, 5) is 11.8. The van der Waals surface area contributed by atoms with Crippen LogP contribution in [-0.4, -0.2) is 19.6 Å². The molecule has 4 heteroatoms. The van der Waals surface area contributed by atoms with Crippen LogP contribution in [0.1, 0.15) is 17.5 Å². The molecule has 0 aromatic heterocycles. The van der Waals surface area contributed by atoms with Crippen molar-refractivity contribution in [2.75, 3.05) is 19.0 Å². The molecule has 0 aliphatic carbocycles. The fraction of sp³-hybridized carbons (Fsp3) is 0.278. The summed E-state index contributed by atoms with van der Waals surface area (Å²) in [6.07, 6.45) is 0.442. The highest BCUT2D eigenvalue weighted by Crippen LogP contribution is 2.14. The zero-order chi connectivity index (χ0) is 15.8. The van der Waals surface area contributed by atoms with Gasteiger partial charge in [0.25, 0.3) is 0 Å². The van der Waals surface area contributed by atoms with Gasteiger partial charge in [-0.05, 0) is 36.8 Å². The Labute approximate surface area is 131 Å². The third kappa shape index (κ3) is 5.13. The molecule has 2 rings (SSSR count). The maximum Gasteiger partial charge on any atom is 0.222 e. The van der Waals surface area contributed by atoms with Crippen molar-refractivity contribution < 1.29 is 9.53 Å². The van der Waals surface area contributed by atoms with Gasteiger partial charge >= 0.3 is 0 Å². The summed E-state index contributed by atoms with van der Waals surface area (Å²) in [6.45, 7) is 3.22. The second-order valence-corrected chi connectivity index (χ2v) is 5.17. The Morgan fingerprint density at radius 3 is 2.59 bits per heavy atom. The van der Waals surface area contributed by atoms with E-state index in [0.29, 0.717) is 19.5 Å². The zero-order valence-corrected chi connectivity index (χ0v) is 13.1. The summed E-state index contributed by atoms with van der Waals surface area (Å²) in [5.74, 6) is 0.865. The van der Waals surface area contributed by atoms with Crippen molar-refractivity contribution in [3.05, 3.63) is 59.7 Å². The van der Waals surface area contributed by atoms with E-state index in [0.717, 1.165) is 17.0 Å². The molecule has 0 bridgehead atoms. The molecule has 2 aromatic carbocycles. The van der Waals surface area contributed by atoms with Crippen LogP contribution >= 0.6 is 0 Å². The Kier molecular flexibility index (Phi) is 5.83. The average molecular weight is 298 g/mol. The van der Waals surface area contributed by atoms with Gasteiger partial charge in [-0.3, -0.25) is 4.79 Å². The monoisotopic (exact) mass is 298 g/mol. The van der Waals surface area contributed by atoms with E-state index in [2.05, 4.69) is 16.7 Å². The Morgan fingerprint density at radius 2 is 1.91 bits per heavy atom. The third-order valence-electron chi connectivity index (χ3n) is 3.34. The third-order valence-corrected chi connectivity index (χ3v) is 3.34. The number of ether oxygens (including phenoxy) is 1. The number of amides is 1. The van der Waals surface area contributed by atoms with Crippen molar-refractivity contribution >= 4 is 11.6 Å². The van der Waals surface area contributed by atoms with Gasteiger partial charge in [-0.2, -0.15) is 0 Å². The molecule has 4 nitrogen and oxygen atoms in total. The smallest absolute Gasteiger partial charge is 0.222 e. The van der Waals surface area contributed by atoms with Gasteiger partial charge in [0, 0.05) is 25.2 Å². The van der Waals surface area contributed by atoms with Crippen LogP contribution in [0.2, 0.25) is 0 Å². The van der Waals surface area contributed by atoms with Crippen molar-refractivity contribution in [2.45, 2.75) is 19.9 Å². The quantitative estimate of drug-likeness (QED) is 0.825. The van der Waals surface area contributed by atoms with E-state index in [-0.39, 0.29) is 5.91 Å². The normalized spacial score (nSPS) is 10.1. The molecule has 0 spiro atoms. The van der Waals surface area contributed by atoms with Gasteiger partial charge in [0.05, 0.1) is 7.11 Å². The van der Waals surface area contributed by atoms with Crippen LogP contribution in [0.3, 0.4) is 0 Å². The maximum absolute atomic E-state index is 11.8. The zero-order valence-electron chi connectivity index (χ0n) is 13.1. The number of carbonyl (C=O) groups is 1. The molecule has 0 aliphatic rings. The van der Waals surface area contributed by atoms with Crippen molar-refractivity contribution in [3.63, 3.8) is 0 Å². The number of benzene rings is 2. The van der Waals surface area contributed by atoms with Gasteiger partial charge in [-0.25, -0.2) is 0 Å². The molecule has 0 saturated heterocycles. The molecule has 1 amide bonds. The second-order valence-electron chi connectivity index (χ2n) is 5.17. The minimum atomic E-state index is 0.0440. The predicted molar refractivity (Wildman–Crippen MR) is 89.1 cm³/mol. The van der Waals surface area contributed by atoms with Crippen LogP contribution < -0.4 is 15.4 Å². The highest BCUT2D eigenvalue weighted by atomic mass is 16.5. The van der Waals surface area contributed by atoms with E-state index in [1.165, 1.54) is 5.56 Å². The highest BCUT2D eigenvalue weighted by molar-refractivity contribution is 5.76. The van der Waals surface area contributed by atoms with Crippen LogP contribution in [0.5, 0.6) is 5.75 Å². The highest BCUT2D eigenvalue weighted by Gasteiger charge is 2.02. The molecule has 0 saturated carbocycles. The minimum Gasteiger partial charge on any atom is -0.497 e. The number of anilines is 1. The molecule has 2 aromatic rings. The van der Waals surface area contributed by atoms with Gasteiger partial charge in [0.2, 0.25) is 5.91 Å². The molecule has 0 heterocycles. The Balaban J connectivity index is 1.69. The summed E-state index contributed by atoms with van der Waals surface area (Å²) in [7, 11) is 1.64. The number of carbonyl (C=O) groups excluding carboxylic acids is 1. The number of methoxy groups -OCH3 is 1. The lowest BCUT2D eigenvalue weighted by Gasteiger charge is -2.08. The van der Waals surface area contributed by atoms with E-state index >= 15 is 0 Å². The lowest BCUT2D eigenvalue weighted by Crippen LogP contribution is -2.24. The Hall–Kier alpha value is -2.49. The predicted octanol–water partition coefficient (Wildman–Crippen LogP) is 3.12. The Bertz CT molecular complexity index is 609. The SMILES string of the molecule is COc1ccc(NCCC(=O)NCc2cccc(C)c2)cc1. The summed E-state index contributed by atoms with van der Waals surface area (Å²) >= 11 is 0. The molecule has 2 N–H and O–H groups in total. The molecule has 0 fully saturated rings. The molecule has 22 heavy (non-hydrogen) atoms. The topological polar surface area (TPSA) is 50.4 Å². The summed E-state index contributed by atoms with van der Waals surface area (Å²) in [6, 6.07) is 15.8. The van der Waals surface area contributed by atoms with E-state index in [1.807, 2.05) is 49.4 Å². The Morgan fingerprint density at radius 1 is 1.14 bits per heavy atom. The standard InChI is InChI=1S/C18H22N2O2/c1-14-4-3-5-15(12-14)13-20-18(21)10-11-19-16-6-8-17(22-2)9-7-16/h3-9,12,19H,10-11,13H2,1-2H3,(H,20,21). The molecule has 116 valence electrons. The summed E-state index contributed by atoms with van der Waals surface area (Å²) in [5.41, 5.74) is 3.30. The van der Waals surface area contributed by atoms with Crippen molar-refractivity contribution in [2.24, 2.45) is 0 Å². The summed E-state index contributed by atoms with van der Waals surface area (Å²) < 4.78 is 5.10. The van der Waals surface area contributed by atoms with Gasteiger partial charge in [-0.15, -0.1) is 0 Å². The molecule has 0 radical (unpaired) electrons. The van der Waals surface area contributed by atoms with E-state index in [1.54, 1.807) is 7.11 Å². The van der Waals surface area contributed by atoms with Gasteiger partial charge in [-0.1, -0.05) is 29.8 Å². The van der Waals surface area contributed by atoms with Gasteiger partial charge in [0.1, 0.15) is 5.75 Å². The van der Waals surface area contributed by atoms with Gasteiger partial charge in [0.15, 0.2) is 0 Å². The first-order valence-corrected chi connectivity index (χ1v) is 7.37. The lowest BCUT2D eigenvalue weighted by molar-refractivity contribution is -0.121. The van der Waals surface area contributed by atoms with Crippen molar-refractivity contribution in [1.82, 2.24) is 5.32 Å². The number of hydrogen-bond donors (Lipinski definition) is 2. The van der Waals surface area contributed by atoms with Gasteiger partial charge < -0.3 is 15.4 Å². The number of rotatable bonds is 7. The van der Waals surface area contributed by atoms with Crippen LogP contribution in [-0.2, 0) is 11.3 Å². The molecule has 0 aliphatic heterocycles. The summed E-state index contributed by atoms with van der Waals surface area (Å²) in [5, 5.41) is 6.15. The van der Waals surface area contributed by atoms with Crippen LogP contribution in [0.15, 0.2) is 48.5 Å². The lowest BCUT2D eigenvalue weighted by atomic mass is 10.1. The number of nitrogens with one attached hydrogen (secondary N) is 2. The first-order chi connectivity index (χ1) is 10.7. The first kappa shape index (κ1) is 15.9. The van der Waals surface area contributed by atoms with Crippen molar-refractivity contribution in [3.8, 4) is 5.75 Å². The van der Waals surface area contributed by atoms with Crippen LogP contribution in [0, 0.1) is 6.92 Å². The molecular weight excluding hydrogens is 276 g/mol. The maximum atomic E-state index is 11.8. The largest absolute Gasteiger partial charge is 0.497 e. The van der Waals surface area contributed by atoms with Crippen molar-refractivity contribution in [1.29, 1.82) is 0 Å². The second kappa shape index (κ2) is 8.08. The first-order valence-electron chi connectivity index (χ1n) is 7.37. The molecular formula is C18H22N2O2. The van der Waals surface area contributed by atoms with E-state index < -0.39 is 0 Å². The molecule has 0 unspecified atom stereocenters. The fourth-order valence-corrected chi connectivity index (χ4v) is 2.14. The minimum absolute atomic E-state index is 0.0440.